The summed E-state index contributed by atoms with van der Waals surface area (Å²) in [7, 11) is 0. The number of carbonyl (C=O) groups excluding carboxylic acids is 3. The second-order valence-electron chi connectivity index (χ2n) is 10.6. The van der Waals surface area contributed by atoms with E-state index in [9.17, 15) is 14.4 Å². The molecule has 0 bridgehead atoms. The maximum absolute atomic E-state index is 13.0. The molecule has 1 aromatic heterocycles. The number of amides is 3. The van der Waals surface area contributed by atoms with Gasteiger partial charge in [0.15, 0.2) is 5.13 Å². The van der Waals surface area contributed by atoms with Crippen molar-refractivity contribution in [2.45, 2.75) is 45.7 Å². The van der Waals surface area contributed by atoms with E-state index in [2.05, 4.69) is 44.8 Å². The number of hydrogen-bond acceptors (Lipinski definition) is 6. The number of carbonyl (C=O) groups is 3. The lowest BCUT2D eigenvalue weighted by molar-refractivity contribution is -0.121. The molecule has 10 heteroatoms. The van der Waals surface area contributed by atoms with Crippen LogP contribution in [0.3, 0.4) is 0 Å². The highest BCUT2D eigenvalue weighted by atomic mass is 35.5. The lowest BCUT2D eigenvalue weighted by Crippen LogP contribution is -2.44. The Labute approximate surface area is 244 Å². The first-order valence-electron chi connectivity index (χ1n) is 13.6. The first kappa shape index (κ1) is 29.7. The molecule has 2 aromatic carbocycles. The van der Waals surface area contributed by atoms with E-state index in [1.807, 2.05) is 19.9 Å². The SMILES string of the molecule is CC(C)CN(CC(=O)Nc1nc(CC(=O)NC2CCN(Cc3ccccc3)CC2)cs1)C(=O)c1ccc(Cl)cc1. The maximum atomic E-state index is 13.0. The minimum absolute atomic E-state index is 0.0682. The monoisotopic (exact) mass is 581 g/mol. The average Bonchev–Trinajstić information content (AvgIpc) is 3.36. The third-order valence-corrected chi connectivity index (χ3v) is 7.70. The van der Waals surface area contributed by atoms with E-state index in [0.717, 1.165) is 32.5 Å². The molecule has 3 amide bonds. The number of anilines is 1. The Kier molecular flexibility index (Phi) is 10.7. The zero-order valence-corrected chi connectivity index (χ0v) is 24.5. The molecule has 0 saturated carbocycles. The van der Waals surface area contributed by atoms with Crippen molar-refractivity contribution in [1.82, 2.24) is 20.1 Å². The minimum atomic E-state index is -0.337. The molecular formula is C30H36ClN5O3S. The summed E-state index contributed by atoms with van der Waals surface area (Å²) in [5, 5.41) is 8.65. The summed E-state index contributed by atoms with van der Waals surface area (Å²) in [5.74, 6) is -0.454. The first-order chi connectivity index (χ1) is 19.2. The Bertz CT molecular complexity index is 1270. The summed E-state index contributed by atoms with van der Waals surface area (Å²) in [6.07, 6.45) is 1.99. The third-order valence-electron chi connectivity index (χ3n) is 6.64. The first-order valence-corrected chi connectivity index (χ1v) is 14.9. The van der Waals surface area contributed by atoms with E-state index in [-0.39, 0.29) is 42.6 Å². The molecule has 1 saturated heterocycles. The Hall–Kier alpha value is -3.27. The standard InChI is InChI=1S/C30H36ClN5O3S/c1-21(2)17-36(29(39)23-8-10-24(31)11-9-23)19-28(38)34-30-33-26(20-40-30)16-27(37)32-25-12-14-35(15-13-25)18-22-6-4-3-5-7-22/h3-11,20-21,25H,12-19H2,1-2H3,(H,32,37)(H,33,34,38). The van der Waals surface area contributed by atoms with Crippen molar-refractivity contribution in [3.8, 4) is 0 Å². The predicted molar refractivity (Wildman–Crippen MR) is 160 cm³/mol. The van der Waals surface area contributed by atoms with E-state index >= 15 is 0 Å². The third kappa shape index (κ3) is 9.15. The van der Waals surface area contributed by atoms with Gasteiger partial charge in [0, 0.05) is 48.2 Å². The van der Waals surface area contributed by atoms with Crippen LogP contribution in [0, 0.1) is 5.92 Å². The number of thiazole rings is 1. The number of rotatable bonds is 11. The number of nitrogens with one attached hydrogen (secondary N) is 2. The van der Waals surface area contributed by atoms with E-state index in [0.29, 0.717) is 28.0 Å². The molecule has 1 fully saturated rings. The van der Waals surface area contributed by atoms with Crippen LogP contribution in [0.2, 0.25) is 5.02 Å². The highest BCUT2D eigenvalue weighted by Gasteiger charge is 2.23. The molecule has 0 unspecified atom stereocenters. The highest BCUT2D eigenvalue weighted by Crippen LogP contribution is 2.18. The zero-order valence-electron chi connectivity index (χ0n) is 22.9. The quantitative estimate of drug-likeness (QED) is 0.337. The van der Waals surface area contributed by atoms with Gasteiger partial charge < -0.3 is 15.5 Å². The lowest BCUT2D eigenvalue weighted by Gasteiger charge is -2.32. The number of aromatic nitrogens is 1. The fourth-order valence-corrected chi connectivity index (χ4v) is 5.59. The summed E-state index contributed by atoms with van der Waals surface area (Å²) < 4.78 is 0. The van der Waals surface area contributed by atoms with Gasteiger partial charge in [-0.2, -0.15) is 0 Å². The summed E-state index contributed by atoms with van der Waals surface area (Å²) in [4.78, 5) is 46.8. The van der Waals surface area contributed by atoms with Gasteiger partial charge in [0.1, 0.15) is 6.54 Å². The minimum Gasteiger partial charge on any atom is -0.353 e. The molecule has 3 aromatic rings. The fraction of sp³-hybridized carbons (Fsp3) is 0.400. The van der Waals surface area contributed by atoms with Crippen LogP contribution >= 0.6 is 22.9 Å². The van der Waals surface area contributed by atoms with Gasteiger partial charge in [0.2, 0.25) is 11.8 Å². The Balaban J connectivity index is 1.22. The molecule has 4 rings (SSSR count). The second kappa shape index (κ2) is 14.4. The largest absolute Gasteiger partial charge is 0.353 e. The number of piperidine rings is 1. The van der Waals surface area contributed by atoms with Crippen molar-refractivity contribution < 1.29 is 14.4 Å². The van der Waals surface area contributed by atoms with E-state index in [4.69, 9.17) is 11.6 Å². The molecule has 0 spiro atoms. The van der Waals surface area contributed by atoms with Crippen LogP contribution in [0.15, 0.2) is 60.0 Å². The predicted octanol–water partition coefficient (Wildman–Crippen LogP) is 4.86. The Morgan fingerprint density at radius 3 is 2.42 bits per heavy atom. The van der Waals surface area contributed by atoms with Crippen molar-refractivity contribution in [2.24, 2.45) is 5.92 Å². The van der Waals surface area contributed by atoms with Crippen molar-refractivity contribution in [3.63, 3.8) is 0 Å². The number of halogens is 1. The van der Waals surface area contributed by atoms with Crippen molar-refractivity contribution >= 4 is 45.8 Å². The van der Waals surface area contributed by atoms with Crippen LogP contribution in [0.4, 0.5) is 5.13 Å². The molecule has 8 nitrogen and oxygen atoms in total. The lowest BCUT2D eigenvalue weighted by atomic mass is 10.0. The molecule has 212 valence electrons. The fourth-order valence-electron chi connectivity index (χ4n) is 4.73. The van der Waals surface area contributed by atoms with E-state index in [1.165, 1.54) is 21.8 Å². The molecule has 0 aliphatic carbocycles. The van der Waals surface area contributed by atoms with Crippen molar-refractivity contribution in [1.29, 1.82) is 0 Å². The van der Waals surface area contributed by atoms with Gasteiger partial charge in [-0.1, -0.05) is 55.8 Å². The second-order valence-corrected chi connectivity index (χ2v) is 11.9. The molecular weight excluding hydrogens is 546 g/mol. The summed E-state index contributed by atoms with van der Waals surface area (Å²) in [5.41, 5.74) is 2.38. The topological polar surface area (TPSA) is 94.6 Å². The van der Waals surface area contributed by atoms with Gasteiger partial charge >= 0.3 is 0 Å². The number of likely N-dealkylation sites (tertiary alicyclic amines) is 1. The number of nitrogens with zero attached hydrogens (tertiary/aromatic N) is 3. The summed E-state index contributed by atoms with van der Waals surface area (Å²) >= 11 is 7.21. The van der Waals surface area contributed by atoms with Gasteiger partial charge in [-0.15, -0.1) is 11.3 Å². The van der Waals surface area contributed by atoms with Crippen molar-refractivity contribution in [3.05, 3.63) is 81.8 Å². The number of hydrogen-bond donors (Lipinski definition) is 2. The molecule has 1 aliphatic heterocycles. The summed E-state index contributed by atoms with van der Waals surface area (Å²) in [6.45, 7) is 7.14. The van der Waals surface area contributed by atoms with Gasteiger partial charge in [0.25, 0.3) is 5.91 Å². The zero-order chi connectivity index (χ0) is 28.5. The molecule has 0 atom stereocenters. The molecule has 2 heterocycles. The van der Waals surface area contributed by atoms with E-state index < -0.39 is 0 Å². The summed E-state index contributed by atoms with van der Waals surface area (Å²) in [6, 6.07) is 17.2. The average molecular weight is 582 g/mol. The Morgan fingerprint density at radius 1 is 1.05 bits per heavy atom. The molecule has 40 heavy (non-hydrogen) atoms. The van der Waals surface area contributed by atoms with Gasteiger partial charge in [0.05, 0.1) is 12.1 Å². The van der Waals surface area contributed by atoms with Crippen LogP contribution < -0.4 is 10.6 Å². The molecule has 2 N–H and O–H groups in total. The van der Waals surface area contributed by atoms with Crippen LogP contribution in [0.1, 0.15) is 48.3 Å². The van der Waals surface area contributed by atoms with Crippen LogP contribution in [0.5, 0.6) is 0 Å². The van der Waals surface area contributed by atoms with Crippen molar-refractivity contribution in [2.75, 3.05) is 31.5 Å². The van der Waals surface area contributed by atoms with Crippen LogP contribution in [-0.2, 0) is 22.6 Å². The van der Waals surface area contributed by atoms with Gasteiger partial charge in [-0.25, -0.2) is 4.98 Å². The number of benzene rings is 2. The Morgan fingerprint density at radius 2 is 1.75 bits per heavy atom. The molecule has 0 radical (unpaired) electrons. The highest BCUT2D eigenvalue weighted by molar-refractivity contribution is 7.13. The molecule has 1 aliphatic rings. The normalized spacial score (nSPS) is 14.2. The maximum Gasteiger partial charge on any atom is 0.254 e. The van der Waals surface area contributed by atoms with Gasteiger partial charge in [-0.3, -0.25) is 19.3 Å². The van der Waals surface area contributed by atoms with Gasteiger partial charge in [-0.05, 0) is 48.6 Å². The van der Waals surface area contributed by atoms with E-state index in [1.54, 1.807) is 29.6 Å². The smallest absolute Gasteiger partial charge is 0.254 e. The van der Waals surface area contributed by atoms with Crippen LogP contribution in [-0.4, -0.2) is 64.7 Å². The van der Waals surface area contributed by atoms with Crippen LogP contribution in [0.25, 0.3) is 0 Å².